The molecule has 1 aromatic carbocycles. The number of halogens is 1. The number of ketones is 1. The van der Waals surface area contributed by atoms with Gasteiger partial charge in [-0.05, 0) is 42.9 Å². The van der Waals surface area contributed by atoms with Gasteiger partial charge in [-0.3, -0.25) is 9.59 Å². The summed E-state index contributed by atoms with van der Waals surface area (Å²) in [5.74, 6) is -0.371. The van der Waals surface area contributed by atoms with Crippen molar-refractivity contribution in [2.24, 2.45) is 11.8 Å². The number of allylic oxidation sites excluding steroid dienone is 1. The van der Waals surface area contributed by atoms with Crippen LogP contribution in [0.25, 0.3) is 6.08 Å². The minimum atomic E-state index is -0.747. The summed E-state index contributed by atoms with van der Waals surface area (Å²) in [5, 5.41) is 8.61. The van der Waals surface area contributed by atoms with Gasteiger partial charge in [-0.25, -0.2) is 4.39 Å². The Labute approximate surface area is 142 Å². The van der Waals surface area contributed by atoms with Gasteiger partial charge in [-0.1, -0.05) is 43.5 Å². The van der Waals surface area contributed by atoms with Crippen molar-refractivity contribution in [2.75, 3.05) is 0 Å². The highest BCUT2D eigenvalue weighted by molar-refractivity contribution is 5.83. The molecular formula is C20H25FO3. The number of hydrogen-bond donors (Lipinski definition) is 1. The van der Waals surface area contributed by atoms with Gasteiger partial charge in [0.05, 0.1) is 0 Å². The molecule has 0 heterocycles. The minimum Gasteiger partial charge on any atom is -0.481 e. The van der Waals surface area contributed by atoms with Gasteiger partial charge >= 0.3 is 5.97 Å². The van der Waals surface area contributed by atoms with Gasteiger partial charge in [0, 0.05) is 18.8 Å². The largest absolute Gasteiger partial charge is 0.481 e. The van der Waals surface area contributed by atoms with Crippen LogP contribution in [0.2, 0.25) is 0 Å². The zero-order valence-electron chi connectivity index (χ0n) is 13.9. The second-order valence-electron chi connectivity index (χ2n) is 6.54. The van der Waals surface area contributed by atoms with Gasteiger partial charge in [0.15, 0.2) is 0 Å². The monoisotopic (exact) mass is 332 g/mol. The van der Waals surface area contributed by atoms with E-state index in [1.54, 1.807) is 6.07 Å². The zero-order valence-corrected chi connectivity index (χ0v) is 13.9. The molecule has 2 atom stereocenters. The summed E-state index contributed by atoms with van der Waals surface area (Å²) in [6.07, 6.45) is 10.1. The lowest BCUT2D eigenvalue weighted by Gasteiger charge is -2.14. The van der Waals surface area contributed by atoms with Gasteiger partial charge < -0.3 is 5.11 Å². The number of carbonyl (C=O) groups is 2. The van der Waals surface area contributed by atoms with Crippen molar-refractivity contribution in [3.05, 3.63) is 41.7 Å². The van der Waals surface area contributed by atoms with Gasteiger partial charge in [0.2, 0.25) is 0 Å². The van der Waals surface area contributed by atoms with E-state index in [0.717, 1.165) is 37.7 Å². The molecule has 0 radical (unpaired) electrons. The van der Waals surface area contributed by atoms with Crippen molar-refractivity contribution >= 4 is 17.8 Å². The van der Waals surface area contributed by atoms with E-state index < -0.39 is 5.97 Å². The Hall–Kier alpha value is -1.97. The summed E-state index contributed by atoms with van der Waals surface area (Å²) >= 11 is 0. The highest BCUT2D eigenvalue weighted by Crippen LogP contribution is 2.34. The average molecular weight is 332 g/mol. The topological polar surface area (TPSA) is 54.4 Å². The number of carbonyl (C=O) groups excluding carboxylic acids is 1. The lowest BCUT2D eigenvalue weighted by molar-refractivity contribution is -0.137. The van der Waals surface area contributed by atoms with Crippen LogP contribution < -0.4 is 0 Å². The first-order chi connectivity index (χ1) is 11.6. The first-order valence-electron chi connectivity index (χ1n) is 8.74. The maximum Gasteiger partial charge on any atom is 0.303 e. The Kier molecular flexibility index (Phi) is 7.16. The summed E-state index contributed by atoms with van der Waals surface area (Å²) in [5.41, 5.74) is 0.821. The van der Waals surface area contributed by atoms with E-state index in [-0.39, 0.29) is 24.1 Å². The van der Waals surface area contributed by atoms with Crippen LogP contribution in [0.5, 0.6) is 0 Å². The molecule has 2 rings (SSSR count). The highest BCUT2D eigenvalue weighted by atomic mass is 19.1. The first kappa shape index (κ1) is 18.4. The molecule has 0 spiro atoms. The van der Waals surface area contributed by atoms with E-state index in [9.17, 15) is 14.0 Å². The lowest BCUT2D eigenvalue weighted by Crippen LogP contribution is -2.13. The molecule has 1 aromatic rings. The molecule has 0 aromatic heterocycles. The number of carboxylic acid groups (broad SMARTS) is 1. The predicted molar refractivity (Wildman–Crippen MR) is 92.0 cm³/mol. The van der Waals surface area contributed by atoms with Crippen molar-refractivity contribution in [3.63, 3.8) is 0 Å². The number of unbranched alkanes of at least 4 members (excludes halogenated alkanes) is 3. The van der Waals surface area contributed by atoms with Crippen molar-refractivity contribution in [1.29, 1.82) is 0 Å². The van der Waals surface area contributed by atoms with Crippen LogP contribution in [0.3, 0.4) is 0 Å². The number of aliphatic carboxylic acids is 1. The number of carboxylic acids is 1. The zero-order chi connectivity index (χ0) is 17.4. The van der Waals surface area contributed by atoms with Gasteiger partial charge in [0.25, 0.3) is 0 Å². The smallest absolute Gasteiger partial charge is 0.303 e. The van der Waals surface area contributed by atoms with Gasteiger partial charge in [0.1, 0.15) is 11.6 Å². The molecule has 4 heteroatoms. The van der Waals surface area contributed by atoms with E-state index in [0.29, 0.717) is 18.6 Å². The quantitative estimate of drug-likeness (QED) is 0.657. The number of hydrogen-bond acceptors (Lipinski definition) is 2. The third-order valence-corrected chi connectivity index (χ3v) is 4.69. The number of Topliss-reactive ketones (excluding diaryl/α,β-unsaturated/α-hetero) is 1. The maximum absolute atomic E-state index is 13.2. The molecule has 1 N–H and O–H groups in total. The molecule has 24 heavy (non-hydrogen) atoms. The Bertz CT molecular complexity index is 594. The Morgan fingerprint density at radius 3 is 2.79 bits per heavy atom. The summed E-state index contributed by atoms with van der Waals surface area (Å²) in [4.78, 5) is 22.5. The summed E-state index contributed by atoms with van der Waals surface area (Å²) in [7, 11) is 0. The third-order valence-electron chi connectivity index (χ3n) is 4.69. The molecule has 1 saturated carbocycles. The second-order valence-corrected chi connectivity index (χ2v) is 6.54. The molecule has 1 fully saturated rings. The van der Waals surface area contributed by atoms with Crippen LogP contribution in [-0.4, -0.2) is 16.9 Å². The molecule has 0 bridgehead atoms. The van der Waals surface area contributed by atoms with E-state index in [1.807, 2.05) is 12.1 Å². The van der Waals surface area contributed by atoms with E-state index in [1.165, 1.54) is 12.1 Å². The van der Waals surface area contributed by atoms with Crippen molar-refractivity contribution in [1.82, 2.24) is 0 Å². The Balaban J connectivity index is 1.79. The van der Waals surface area contributed by atoms with Crippen LogP contribution in [-0.2, 0) is 9.59 Å². The molecule has 0 aliphatic heterocycles. The fourth-order valence-electron chi connectivity index (χ4n) is 3.38. The van der Waals surface area contributed by atoms with E-state index >= 15 is 0 Å². The molecule has 1 aliphatic carbocycles. The first-order valence-corrected chi connectivity index (χ1v) is 8.74. The average Bonchev–Trinajstić information content (AvgIpc) is 2.89. The summed E-state index contributed by atoms with van der Waals surface area (Å²) < 4.78 is 13.2. The molecular weight excluding hydrogens is 307 g/mol. The van der Waals surface area contributed by atoms with Crippen molar-refractivity contribution in [2.45, 2.75) is 51.4 Å². The highest BCUT2D eigenvalue weighted by Gasteiger charge is 2.32. The number of benzene rings is 1. The number of rotatable bonds is 9. The predicted octanol–water partition coefficient (Wildman–Crippen LogP) is 4.86. The maximum atomic E-state index is 13.2. The Morgan fingerprint density at radius 1 is 1.25 bits per heavy atom. The molecule has 1 aliphatic rings. The van der Waals surface area contributed by atoms with E-state index in [2.05, 4.69) is 6.08 Å². The molecule has 0 amide bonds. The SMILES string of the molecule is O=C(O)CCCCCC[C@@H]1C(=O)CC[C@H]1C=Cc1cccc(F)c1. The molecule has 130 valence electrons. The Morgan fingerprint density at radius 2 is 2.04 bits per heavy atom. The summed E-state index contributed by atoms with van der Waals surface area (Å²) in [6, 6.07) is 6.45. The van der Waals surface area contributed by atoms with E-state index in [4.69, 9.17) is 5.11 Å². The normalized spacial score (nSPS) is 20.8. The van der Waals surface area contributed by atoms with Gasteiger partial charge in [-0.2, -0.15) is 0 Å². The minimum absolute atomic E-state index is 0.0642. The van der Waals surface area contributed by atoms with Crippen molar-refractivity contribution < 1.29 is 19.1 Å². The van der Waals surface area contributed by atoms with Crippen LogP contribution in [0.15, 0.2) is 30.3 Å². The second kappa shape index (κ2) is 9.36. The fraction of sp³-hybridized carbons (Fsp3) is 0.500. The van der Waals surface area contributed by atoms with Crippen molar-refractivity contribution in [3.8, 4) is 0 Å². The summed E-state index contributed by atoms with van der Waals surface area (Å²) in [6.45, 7) is 0. The van der Waals surface area contributed by atoms with Crippen LogP contribution in [0.4, 0.5) is 4.39 Å². The van der Waals surface area contributed by atoms with Crippen LogP contribution in [0.1, 0.15) is 56.9 Å². The standard InChI is InChI=1S/C20H25FO3/c21-17-7-5-6-15(14-17)10-11-16-12-13-19(22)18(16)8-3-1-2-4-9-20(23)24/h5-7,10-11,14,16,18H,1-4,8-9,12-13H2,(H,23,24)/t16-,18+/m1/s1. The third kappa shape index (κ3) is 5.91. The fourth-order valence-corrected chi connectivity index (χ4v) is 3.38. The van der Waals surface area contributed by atoms with Crippen LogP contribution >= 0.6 is 0 Å². The van der Waals surface area contributed by atoms with Gasteiger partial charge in [-0.15, -0.1) is 0 Å². The molecule has 0 unspecified atom stereocenters. The molecule has 3 nitrogen and oxygen atoms in total. The lowest BCUT2D eigenvalue weighted by atomic mass is 9.89. The van der Waals surface area contributed by atoms with Crippen LogP contribution in [0, 0.1) is 17.7 Å². The molecule has 0 saturated heterocycles.